The molecule has 0 aromatic heterocycles. The summed E-state index contributed by atoms with van der Waals surface area (Å²) in [6, 6.07) is 13.3. The first kappa shape index (κ1) is 23.2. The molecule has 29 heavy (non-hydrogen) atoms. The Morgan fingerprint density at radius 3 is 2.48 bits per heavy atom. The molecule has 2 aromatic carbocycles. The van der Waals surface area contributed by atoms with Gasteiger partial charge in [0.05, 0.1) is 19.1 Å². The van der Waals surface area contributed by atoms with Crippen molar-refractivity contribution in [2.24, 2.45) is 0 Å². The second-order valence-electron chi connectivity index (χ2n) is 7.52. The first-order valence-corrected chi connectivity index (χ1v) is 10.7. The van der Waals surface area contributed by atoms with Crippen LogP contribution in [-0.2, 0) is 27.5 Å². The van der Waals surface area contributed by atoms with E-state index >= 15 is 0 Å². The molecule has 2 atom stereocenters. The van der Waals surface area contributed by atoms with E-state index in [1.807, 2.05) is 51.1 Å². The lowest BCUT2D eigenvalue weighted by molar-refractivity contribution is -0.143. The standard InChI is InChI=1S/C22H28FNO4S/c1-5-27-21(25)14-19(24-29(26)22(2,3)4)17-11-12-20(18(23)13-17)28-15-16-9-7-6-8-10-16/h6-13,19,24H,5,14-15H2,1-4H3/t19-,29+/m1/s1. The van der Waals surface area contributed by atoms with E-state index in [-0.39, 0.29) is 25.4 Å². The monoisotopic (exact) mass is 421 g/mol. The second-order valence-corrected chi connectivity index (χ2v) is 9.52. The fraction of sp³-hybridized carbons (Fsp3) is 0.409. The predicted molar refractivity (Wildman–Crippen MR) is 112 cm³/mol. The van der Waals surface area contributed by atoms with Crippen LogP contribution in [0.5, 0.6) is 5.75 Å². The second kappa shape index (κ2) is 10.6. The van der Waals surface area contributed by atoms with Gasteiger partial charge in [0.1, 0.15) is 11.4 Å². The normalized spacial score (nSPS) is 13.6. The van der Waals surface area contributed by atoms with Crippen LogP contribution in [0.15, 0.2) is 48.5 Å². The van der Waals surface area contributed by atoms with Crippen molar-refractivity contribution in [3.63, 3.8) is 0 Å². The molecule has 1 N–H and O–H groups in total. The molecule has 0 spiro atoms. The minimum absolute atomic E-state index is 0.0562. The summed E-state index contributed by atoms with van der Waals surface area (Å²) in [4.78, 5) is 12.0. The average Bonchev–Trinajstić information content (AvgIpc) is 2.66. The van der Waals surface area contributed by atoms with Crippen molar-refractivity contribution < 1.29 is 23.2 Å². The van der Waals surface area contributed by atoms with Crippen LogP contribution in [0.2, 0.25) is 0 Å². The predicted octanol–water partition coefficient (Wildman–Crippen LogP) is 4.45. The minimum atomic E-state index is -1.44. The maximum Gasteiger partial charge on any atom is 0.307 e. The molecule has 0 heterocycles. The van der Waals surface area contributed by atoms with Gasteiger partial charge < -0.3 is 14.0 Å². The number of ether oxygens (including phenoxy) is 2. The smallest absolute Gasteiger partial charge is 0.307 e. The maximum atomic E-state index is 14.6. The molecule has 0 radical (unpaired) electrons. The Bertz CT molecular complexity index is 795. The summed E-state index contributed by atoms with van der Waals surface area (Å²) in [5, 5.41) is 0. The molecule has 7 heteroatoms. The zero-order valence-electron chi connectivity index (χ0n) is 17.2. The fourth-order valence-corrected chi connectivity index (χ4v) is 3.34. The molecule has 0 saturated heterocycles. The molecule has 158 valence electrons. The van der Waals surface area contributed by atoms with E-state index in [4.69, 9.17) is 9.47 Å². The molecule has 0 saturated carbocycles. The van der Waals surface area contributed by atoms with Gasteiger partial charge in [-0.3, -0.25) is 4.79 Å². The third-order valence-corrected chi connectivity index (χ3v) is 5.69. The summed E-state index contributed by atoms with van der Waals surface area (Å²) in [5.74, 6) is -0.874. The van der Waals surface area contributed by atoms with Crippen LogP contribution in [0.4, 0.5) is 4.39 Å². The first-order chi connectivity index (χ1) is 13.7. The molecule has 0 amide bonds. The van der Waals surface area contributed by atoms with Crippen molar-refractivity contribution in [3.8, 4) is 5.75 Å². The number of carbonyl (C=O) groups excluding carboxylic acids is 1. The van der Waals surface area contributed by atoms with Crippen molar-refractivity contribution in [1.82, 2.24) is 4.72 Å². The van der Waals surface area contributed by atoms with Crippen LogP contribution >= 0.6 is 0 Å². The molecule has 0 aliphatic rings. The van der Waals surface area contributed by atoms with Crippen molar-refractivity contribution in [2.75, 3.05) is 6.61 Å². The Morgan fingerprint density at radius 1 is 1.21 bits per heavy atom. The molecule has 2 aromatic rings. The van der Waals surface area contributed by atoms with Crippen LogP contribution in [0.1, 0.15) is 51.3 Å². The molecule has 0 bridgehead atoms. The van der Waals surface area contributed by atoms with Crippen molar-refractivity contribution in [2.45, 2.75) is 51.5 Å². The lowest BCUT2D eigenvalue weighted by atomic mass is 10.0. The maximum absolute atomic E-state index is 14.6. The van der Waals surface area contributed by atoms with Gasteiger partial charge in [0.25, 0.3) is 0 Å². The third-order valence-electron chi connectivity index (χ3n) is 4.08. The van der Waals surface area contributed by atoms with E-state index in [1.54, 1.807) is 13.0 Å². The highest BCUT2D eigenvalue weighted by Crippen LogP contribution is 2.27. The van der Waals surface area contributed by atoms with Crippen molar-refractivity contribution in [3.05, 3.63) is 65.5 Å². The van der Waals surface area contributed by atoms with Gasteiger partial charge in [-0.1, -0.05) is 36.4 Å². The molecular formula is C22H28FNO4S. The van der Waals surface area contributed by atoms with Crippen LogP contribution in [0.25, 0.3) is 0 Å². The zero-order valence-corrected chi connectivity index (χ0v) is 18.1. The Hall–Kier alpha value is -2.09. The number of hydrogen-bond acceptors (Lipinski definition) is 5. The highest BCUT2D eigenvalue weighted by molar-refractivity contribution is 7.90. The summed E-state index contributed by atoms with van der Waals surface area (Å²) in [7, 11) is 0. The Balaban J connectivity index is 2.16. The van der Waals surface area contributed by atoms with E-state index in [0.29, 0.717) is 5.56 Å². The highest BCUT2D eigenvalue weighted by Gasteiger charge is 2.31. The van der Waals surface area contributed by atoms with Gasteiger partial charge in [0.15, 0.2) is 11.6 Å². The van der Waals surface area contributed by atoms with Gasteiger partial charge in [-0.05, 0) is 51.0 Å². The highest BCUT2D eigenvalue weighted by atomic mass is 32.2. The quantitative estimate of drug-likeness (QED) is 0.478. The van der Waals surface area contributed by atoms with Gasteiger partial charge in [0.2, 0.25) is 0 Å². The molecule has 0 aliphatic heterocycles. The van der Waals surface area contributed by atoms with E-state index in [2.05, 4.69) is 4.72 Å². The van der Waals surface area contributed by atoms with Crippen molar-refractivity contribution >= 4 is 17.3 Å². The molecule has 0 unspecified atom stereocenters. The van der Waals surface area contributed by atoms with Gasteiger partial charge in [-0.25, -0.2) is 4.39 Å². The zero-order chi connectivity index (χ0) is 21.4. The molecule has 0 aliphatic carbocycles. The Morgan fingerprint density at radius 2 is 1.90 bits per heavy atom. The summed E-state index contributed by atoms with van der Waals surface area (Å²) in [6.45, 7) is 7.66. The van der Waals surface area contributed by atoms with Crippen LogP contribution < -0.4 is 9.46 Å². The van der Waals surface area contributed by atoms with Gasteiger partial charge in [0, 0.05) is 11.4 Å². The summed E-state index contributed by atoms with van der Waals surface area (Å²) >= 11 is -1.44. The Labute approximate surface area is 174 Å². The van der Waals surface area contributed by atoms with Gasteiger partial charge in [-0.15, -0.1) is 4.72 Å². The number of carbonyl (C=O) groups is 1. The number of benzene rings is 2. The van der Waals surface area contributed by atoms with E-state index < -0.39 is 33.9 Å². The van der Waals surface area contributed by atoms with E-state index in [1.165, 1.54) is 12.1 Å². The Kier molecular flexibility index (Phi) is 8.49. The average molecular weight is 422 g/mol. The molecule has 0 fully saturated rings. The number of nitrogens with one attached hydrogen (secondary N) is 1. The van der Waals surface area contributed by atoms with Crippen LogP contribution in [-0.4, -0.2) is 21.9 Å². The van der Waals surface area contributed by atoms with Gasteiger partial charge >= 0.3 is 5.97 Å². The van der Waals surface area contributed by atoms with E-state index in [9.17, 15) is 13.7 Å². The summed E-state index contributed by atoms with van der Waals surface area (Å²) < 4.78 is 40.1. The topological polar surface area (TPSA) is 70.6 Å². The first-order valence-electron chi connectivity index (χ1n) is 9.50. The number of halogens is 1. The molecule has 2 rings (SSSR count). The van der Waals surface area contributed by atoms with Crippen LogP contribution in [0.3, 0.4) is 0 Å². The minimum Gasteiger partial charge on any atom is -0.598 e. The fourth-order valence-electron chi connectivity index (χ4n) is 2.51. The van der Waals surface area contributed by atoms with Crippen molar-refractivity contribution in [1.29, 1.82) is 0 Å². The van der Waals surface area contributed by atoms with E-state index in [0.717, 1.165) is 5.56 Å². The van der Waals surface area contributed by atoms with Crippen LogP contribution in [0, 0.1) is 5.82 Å². The number of esters is 1. The number of rotatable bonds is 9. The summed E-state index contributed by atoms with van der Waals surface area (Å²) in [6.07, 6.45) is -0.0562. The SMILES string of the molecule is CCOC(=O)C[C@@H](N[S@@+]([O-])C(C)(C)C)c1ccc(OCc2ccccc2)c(F)c1. The molecular weight excluding hydrogens is 393 g/mol. The largest absolute Gasteiger partial charge is 0.598 e. The lowest BCUT2D eigenvalue weighted by Crippen LogP contribution is -2.42. The lowest BCUT2D eigenvalue weighted by Gasteiger charge is -2.28. The third kappa shape index (κ3) is 7.34. The number of hydrogen-bond donors (Lipinski definition) is 1. The summed E-state index contributed by atoms with van der Waals surface area (Å²) in [5.41, 5.74) is 1.43. The van der Waals surface area contributed by atoms with Gasteiger partial charge in [-0.2, -0.15) is 0 Å². The molecule has 5 nitrogen and oxygen atoms in total.